The molecule has 0 N–H and O–H groups in total. The number of esters is 1. The van der Waals surface area contributed by atoms with Gasteiger partial charge in [-0.1, -0.05) is 35.9 Å². The summed E-state index contributed by atoms with van der Waals surface area (Å²) < 4.78 is 11.3. The minimum Gasteiger partial charge on any atom is -0.493 e. The second-order valence-corrected chi connectivity index (χ2v) is 8.54. The van der Waals surface area contributed by atoms with Gasteiger partial charge in [0.05, 0.1) is 30.9 Å². The average molecular weight is 441 g/mol. The molecule has 2 aromatic carbocycles. The monoisotopic (exact) mass is 440 g/mol. The van der Waals surface area contributed by atoms with Crippen LogP contribution in [0.15, 0.2) is 48.5 Å². The van der Waals surface area contributed by atoms with Crippen LogP contribution < -0.4 is 9.64 Å². The molecule has 2 fully saturated rings. The van der Waals surface area contributed by atoms with Crippen LogP contribution in [-0.2, 0) is 14.3 Å². The third kappa shape index (κ3) is 2.62. The van der Waals surface area contributed by atoms with Crippen molar-refractivity contribution in [2.75, 3.05) is 18.1 Å². The second-order valence-electron chi connectivity index (χ2n) is 8.11. The molecule has 0 saturated carbocycles. The van der Waals surface area contributed by atoms with Crippen LogP contribution in [0.25, 0.3) is 0 Å². The number of anilines is 1. The lowest BCUT2D eigenvalue weighted by Gasteiger charge is -2.34. The van der Waals surface area contributed by atoms with Crippen LogP contribution in [0.3, 0.4) is 0 Å². The van der Waals surface area contributed by atoms with Gasteiger partial charge in [0.25, 0.3) is 5.91 Å². The normalized spacial score (nSPS) is 28.7. The number of carbonyl (C=O) groups excluding carboxylic acids is 3. The van der Waals surface area contributed by atoms with Gasteiger partial charge in [-0.2, -0.15) is 0 Å². The van der Waals surface area contributed by atoms with Gasteiger partial charge in [0.1, 0.15) is 11.3 Å². The largest absolute Gasteiger partial charge is 0.493 e. The standard InChI is InChI=1S/C23H21ClN2O5/c1-3-30-20(27)18-16-12-31-17-10-5-4-9-15(17)19(16)26-22(29)25(21(28)23(18,26)2)14-8-6-7-13(24)11-14/h4-11,16,18-19H,3,12H2,1-2H3/t16-,18+,19-,23+/m1/s1. The number of benzene rings is 2. The molecule has 0 aliphatic carbocycles. The summed E-state index contributed by atoms with van der Waals surface area (Å²) in [7, 11) is 0. The maximum Gasteiger partial charge on any atom is 0.332 e. The quantitative estimate of drug-likeness (QED) is 0.536. The van der Waals surface area contributed by atoms with E-state index in [1.165, 1.54) is 0 Å². The van der Waals surface area contributed by atoms with Gasteiger partial charge in [0.15, 0.2) is 0 Å². The molecule has 2 saturated heterocycles. The number of imide groups is 1. The Balaban J connectivity index is 1.69. The third-order valence-corrected chi connectivity index (χ3v) is 6.76. The number of amides is 3. The Kier molecular flexibility index (Phi) is 4.48. The zero-order chi connectivity index (χ0) is 21.9. The van der Waals surface area contributed by atoms with Crippen LogP contribution in [-0.4, -0.2) is 41.6 Å². The van der Waals surface area contributed by atoms with Crippen LogP contribution in [0.5, 0.6) is 5.75 Å². The summed E-state index contributed by atoms with van der Waals surface area (Å²) in [6.07, 6.45) is 0. The zero-order valence-electron chi connectivity index (χ0n) is 17.1. The summed E-state index contributed by atoms with van der Waals surface area (Å²) in [6.45, 7) is 3.77. The first-order valence-electron chi connectivity index (χ1n) is 10.2. The van der Waals surface area contributed by atoms with E-state index >= 15 is 0 Å². The number of urea groups is 1. The van der Waals surface area contributed by atoms with Gasteiger partial charge in [-0.05, 0) is 38.1 Å². The first-order valence-corrected chi connectivity index (χ1v) is 10.6. The Bertz CT molecular complexity index is 1100. The molecule has 0 radical (unpaired) electrons. The summed E-state index contributed by atoms with van der Waals surface area (Å²) in [5.41, 5.74) is -0.245. The zero-order valence-corrected chi connectivity index (χ0v) is 17.8. The number of para-hydroxylation sites is 1. The molecule has 2 aromatic rings. The molecule has 4 atom stereocenters. The van der Waals surface area contributed by atoms with Crippen LogP contribution in [0.4, 0.5) is 10.5 Å². The predicted octanol–water partition coefficient (Wildman–Crippen LogP) is 3.81. The van der Waals surface area contributed by atoms with E-state index in [9.17, 15) is 14.4 Å². The Labute approximate surface area is 184 Å². The van der Waals surface area contributed by atoms with Gasteiger partial charge < -0.3 is 14.4 Å². The van der Waals surface area contributed by atoms with Crippen molar-refractivity contribution in [1.82, 2.24) is 4.90 Å². The van der Waals surface area contributed by atoms with E-state index in [4.69, 9.17) is 21.1 Å². The number of halogens is 1. The third-order valence-electron chi connectivity index (χ3n) is 6.53. The number of nitrogens with zero attached hydrogens (tertiary/aromatic N) is 2. The van der Waals surface area contributed by atoms with Crippen molar-refractivity contribution in [3.05, 3.63) is 59.1 Å². The van der Waals surface area contributed by atoms with Crippen LogP contribution in [0.1, 0.15) is 25.5 Å². The number of ether oxygens (including phenoxy) is 2. The SMILES string of the molecule is CCOC(=O)[C@@H]1[C@H]2COc3ccccc3[C@H]2N2C(=O)N(c3cccc(Cl)c3)C(=O)[C@]12C. The highest BCUT2D eigenvalue weighted by molar-refractivity contribution is 6.31. The lowest BCUT2D eigenvalue weighted by molar-refractivity contribution is -0.154. The number of rotatable bonds is 3. The van der Waals surface area contributed by atoms with Crippen molar-refractivity contribution in [3.63, 3.8) is 0 Å². The van der Waals surface area contributed by atoms with Gasteiger partial charge in [-0.3, -0.25) is 9.59 Å². The molecular formula is C23H21ClN2O5. The number of hydrogen-bond donors (Lipinski definition) is 0. The molecule has 5 rings (SSSR count). The highest BCUT2D eigenvalue weighted by Gasteiger charge is 2.72. The summed E-state index contributed by atoms with van der Waals surface area (Å²) in [4.78, 5) is 43.2. The van der Waals surface area contributed by atoms with E-state index in [0.717, 1.165) is 10.5 Å². The van der Waals surface area contributed by atoms with Crippen LogP contribution in [0, 0.1) is 11.8 Å². The van der Waals surface area contributed by atoms with Crippen LogP contribution >= 0.6 is 11.6 Å². The molecule has 3 aliphatic rings. The average Bonchev–Trinajstić information content (AvgIpc) is 3.13. The predicted molar refractivity (Wildman–Crippen MR) is 113 cm³/mol. The maximum atomic E-state index is 13.8. The van der Waals surface area contributed by atoms with E-state index in [0.29, 0.717) is 16.5 Å². The maximum absolute atomic E-state index is 13.8. The number of fused-ring (bicyclic) bond motifs is 5. The van der Waals surface area contributed by atoms with E-state index < -0.39 is 41.3 Å². The van der Waals surface area contributed by atoms with Crippen molar-refractivity contribution in [2.24, 2.45) is 11.8 Å². The molecule has 0 bridgehead atoms. The van der Waals surface area contributed by atoms with Crippen molar-refractivity contribution < 1.29 is 23.9 Å². The molecule has 0 spiro atoms. The van der Waals surface area contributed by atoms with E-state index in [1.54, 1.807) is 43.0 Å². The molecular weight excluding hydrogens is 420 g/mol. The fraction of sp³-hybridized carbons (Fsp3) is 0.348. The van der Waals surface area contributed by atoms with Crippen molar-refractivity contribution in [1.29, 1.82) is 0 Å². The van der Waals surface area contributed by atoms with Crippen molar-refractivity contribution >= 4 is 35.2 Å². The van der Waals surface area contributed by atoms with Crippen LogP contribution in [0.2, 0.25) is 5.02 Å². The Morgan fingerprint density at radius 1 is 1.23 bits per heavy atom. The highest BCUT2D eigenvalue weighted by Crippen LogP contribution is 2.58. The smallest absolute Gasteiger partial charge is 0.332 e. The lowest BCUT2D eigenvalue weighted by atomic mass is 9.77. The minimum absolute atomic E-state index is 0.181. The molecule has 160 valence electrons. The molecule has 0 aromatic heterocycles. The van der Waals surface area contributed by atoms with E-state index in [-0.39, 0.29) is 13.2 Å². The Morgan fingerprint density at radius 2 is 2.00 bits per heavy atom. The summed E-state index contributed by atoms with van der Waals surface area (Å²) in [5.74, 6) is -1.57. The molecule has 0 unspecified atom stereocenters. The first-order chi connectivity index (χ1) is 14.9. The fourth-order valence-electron chi connectivity index (χ4n) is 5.28. The fourth-order valence-corrected chi connectivity index (χ4v) is 5.47. The Hall–Kier alpha value is -3.06. The molecule has 31 heavy (non-hydrogen) atoms. The number of carbonyl (C=O) groups is 3. The molecule has 7 nitrogen and oxygen atoms in total. The molecule has 3 aliphatic heterocycles. The number of hydrogen-bond acceptors (Lipinski definition) is 5. The Morgan fingerprint density at radius 3 is 2.74 bits per heavy atom. The highest BCUT2D eigenvalue weighted by atomic mass is 35.5. The van der Waals surface area contributed by atoms with Gasteiger partial charge in [0.2, 0.25) is 0 Å². The minimum atomic E-state index is -1.40. The summed E-state index contributed by atoms with van der Waals surface area (Å²) >= 11 is 6.12. The van der Waals surface area contributed by atoms with Gasteiger partial charge in [-0.15, -0.1) is 0 Å². The van der Waals surface area contributed by atoms with Gasteiger partial charge in [0, 0.05) is 16.5 Å². The summed E-state index contributed by atoms with van der Waals surface area (Å²) in [6, 6.07) is 13.0. The van der Waals surface area contributed by atoms with E-state index in [2.05, 4.69) is 0 Å². The topological polar surface area (TPSA) is 76.2 Å². The summed E-state index contributed by atoms with van der Waals surface area (Å²) in [5, 5.41) is 0.409. The first kappa shape index (κ1) is 19.9. The molecule has 3 heterocycles. The van der Waals surface area contributed by atoms with Crippen molar-refractivity contribution in [3.8, 4) is 5.75 Å². The molecule has 3 amide bonds. The molecule has 8 heteroatoms. The van der Waals surface area contributed by atoms with Crippen molar-refractivity contribution in [2.45, 2.75) is 25.4 Å². The lowest BCUT2D eigenvalue weighted by Crippen LogP contribution is -2.51. The van der Waals surface area contributed by atoms with Gasteiger partial charge >= 0.3 is 12.0 Å². The van der Waals surface area contributed by atoms with E-state index in [1.807, 2.05) is 24.3 Å². The van der Waals surface area contributed by atoms with Gasteiger partial charge in [-0.25, -0.2) is 9.69 Å². The second kappa shape index (κ2) is 6.99.